The highest BCUT2D eigenvalue weighted by Crippen LogP contribution is 2.12. The molecule has 1 aromatic rings. The molecule has 2 rings (SSSR count). The van der Waals surface area contributed by atoms with Crippen molar-refractivity contribution in [3.63, 3.8) is 0 Å². The average Bonchev–Trinajstić information content (AvgIpc) is 2.76. The number of hydrogen-bond donors (Lipinski definition) is 1. The lowest BCUT2D eigenvalue weighted by molar-refractivity contribution is -0.0504. The van der Waals surface area contributed by atoms with Crippen LogP contribution in [0.3, 0.4) is 0 Å². The Bertz CT molecular complexity index is 254. The van der Waals surface area contributed by atoms with E-state index in [1.165, 1.54) is 0 Å². The summed E-state index contributed by atoms with van der Waals surface area (Å²) >= 11 is 0. The Morgan fingerprint density at radius 1 is 1.43 bits per heavy atom. The molecule has 0 amide bonds. The van der Waals surface area contributed by atoms with Crippen LogP contribution in [0.4, 0.5) is 0 Å². The first kappa shape index (κ1) is 9.71. The van der Waals surface area contributed by atoms with Gasteiger partial charge in [0.2, 0.25) is 0 Å². The van der Waals surface area contributed by atoms with Crippen LogP contribution in [0.2, 0.25) is 0 Å². The lowest BCUT2D eigenvalue weighted by atomic mass is 10.1. The van der Waals surface area contributed by atoms with Crippen molar-refractivity contribution in [1.82, 2.24) is 0 Å². The zero-order valence-corrected chi connectivity index (χ0v) is 8.02. The molecule has 1 unspecified atom stereocenters. The van der Waals surface area contributed by atoms with Gasteiger partial charge < -0.3 is 19.6 Å². The highest BCUT2D eigenvalue weighted by Gasteiger charge is 2.19. The fourth-order valence-electron chi connectivity index (χ4n) is 1.59. The predicted molar refractivity (Wildman–Crippen MR) is 50.7 cm³/mol. The second kappa shape index (κ2) is 4.59. The maximum absolute atomic E-state index is 5.94. The molecule has 2 heterocycles. The van der Waals surface area contributed by atoms with Crippen LogP contribution in [0.1, 0.15) is 12.0 Å². The first-order chi connectivity index (χ1) is 6.84. The maximum Gasteiger partial charge on any atom is 0.159 e. The minimum atomic E-state index is -0.114. The average molecular weight is 197 g/mol. The van der Waals surface area contributed by atoms with Crippen molar-refractivity contribution in [3.05, 3.63) is 24.2 Å². The van der Waals surface area contributed by atoms with Gasteiger partial charge in [-0.15, -0.1) is 0 Å². The smallest absolute Gasteiger partial charge is 0.159 e. The summed E-state index contributed by atoms with van der Waals surface area (Å²) in [5.74, 6) is 0. The van der Waals surface area contributed by atoms with E-state index in [0.29, 0.717) is 13.2 Å². The van der Waals surface area contributed by atoms with E-state index in [9.17, 15) is 0 Å². The van der Waals surface area contributed by atoms with Crippen molar-refractivity contribution >= 4 is 0 Å². The lowest BCUT2D eigenvalue weighted by Gasteiger charge is -2.14. The summed E-state index contributed by atoms with van der Waals surface area (Å²) < 4.78 is 15.6. The molecule has 0 aliphatic carbocycles. The summed E-state index contributed by atoms with van der Waals surface area (Å²) in [6, 6.07) is 1.99. The van der Waals surface area contributed by atoms with E-state index in [4.69, 9.17) is 19.6 Å². The molecule has 1 saturated heterocycles. The number of hydrogen-bond acceptors (Lipinski definition) is 4. The van der Waals surface area contributed by atoms with E-state index in [0.717, 1.165) is 18.4 Å². The summed E-state index contributed by atoms with van der Waals surface area (Å²) in [5, 5.41) is 0. The molecule has 0 radical (unpaired) electrons. The van der Waals surface area contributed by atoms with Gasteiger partial charge >= 0.3 is 0 Å². The predicted octanol–water partition coefficient (Wildman–Crippen LogP) is 0.912. The molecule has 1 fully saturated rings. The fourth-order valence-corrected chi connectivity index (χ4v) is 1.59. The van der Waals surface area contributed by atoms with E-state index in [-0.39, 0.29) is 12.3 Å². The summed E-state index contributed by atoms with van der Waals surface area (Å²) in [6.45, 7) is 1.37. The number of ether oxygens (including phenoxy) is 2. The van der Waals surface area contributed by atoms with Crippen molar-refractivity contribution < 1.29 is 13.9 Å². The van der Waals surface area contributed by atoms with Gasteiger partial charge in [-0.05, 0) is 18.1 Å². The molecule has 78 valence electrons. The van der Waals surface area contributed by atoms with Crippen LogP contribution in [-0.2, 0) is 15.9 Å². The van der Waals surface area contributed by atoms with Gasteiger partial charge in [0.15, 0.2) is 6.29 Å². The Morgan fingerprint density at radius 3 is 2.86 bits per heavy atom. The van der Waals surface area contributed by atoms with Gasteiger partial charge in [-0.25, -0.2) is 0 Å². The van der Waals surface area contributed by atoms with Crippen LogP contribution >= 0.6 is 0 Å². The normalized spacial score (nSPS) is 20.1. The largest absolute Gasteiger partial charge is 0.472 e. The first-order valence-corrected chi connectivity index (χ1v) is 4.84. The van der Waals surface area contributed by atoms with Crippen LogP contribution in [0.5, 0.6) is 0 Å². The Hall–Kier alpha value is -0.840. The van der Waals surface area contributed by atoms with Gasteiger partial charge in [-0.3, -0.25) is 0 Å². The molecule has 1 aromatic heterocycles. The minimum absolute atomic E-state index is 0.0655. The quantitative estimate of drug-likeness (QED) is 0.779. The zero-order chi connectivity index (χ0) is 9.80. The topological polar surface area (TPSA) is 57.6 Å². The molecule has 0 spiro atoms. The van der Waals surface area contributed by atoms with Crippen LogP contribution in [0.25, 0.3) is 0 Å². The molecule has 1 atom stereocenters. The summed E-state index contributed by atoms with van der Waals surface area (Å²) in [4.78, 5) is 0. The second-order valence-electron chi connectivity index (χ2n) is 3.50. The van der Waals surface area contributed by atoms with Gasteiger partial charge in [-0.1, -0.05) is 0 Å². The van der Waals surface area contributed by atoms with Gasteiger partial charge in [0.05, 0.1) is 25.7 Å². The molecule has 0 saturated carbocycles. The molecule has 0 bridgehead atoms. The second-order valence-corrected chi connectivity index (χ2v) is 3.50. The van der Waals surface area contributed by atoms with Crippen molar-refractivity contribution in [2.24, 2.45) is 5.73 Å². The van der Waals surface area contributed by atoms with Gasteiger partial charge in [0.1, 0.15) is 0 Å². The number of rotatable bonds is 4. The lowest BCUT2D eigenvalue weighted by Crippen LogP contribution is -2.28. The van der Waals surface area contributed by atoms with Crippen molar-refractivity contribution in [2.75, 3.05) is 13.2 Å². The third kappa shape index (κ3) is 2.57. The molecule has 2 N–H and O–H groups in total. The van der Waals surface area contributed by atoms with Gasteiger partial charge in [0, 0.05) is 12.5 Å². The molecule has 1 aliphatic rings. The van der Waals surface area contributed by atoms with Crippen molar-refractivity contribution in [3.8, 4) is 0 Å². The summed E-state index contributed by atoms with van der Waals surface area (Å²) in [7, 11) is 0. The molecule has 4 nitrogen and oxygen atoms in total. The highest BCUT2D eigenvalue weighted by molar-refractivity contribution is 5.07. The van der Waals surface area contributed by atoms with Crippen LogP contribution in [0.15, 0.2) is 23.0 Å². The van der Waals surface area contributed by atoms with Crippen molar-refractivity contribution in [1.29, 1.82) is 0 Å². The van der Waals surface area contributed by atoms with E-state index < -0.39 is 0 Å². The molecule has 4 heteroatoms. The molecule has 1 aliphatic heterocycles. The molecule has 0 aromatic carbocycles. The van der Waals surface area contributed by atoms with Gasteiger partial charge in [-0.2, -0.15) is 0 Å². The minimum Gasteiger partial charge on any atom is -0.472 e. The monoisotopic (exact) mass is 197 g/mol. The first-order valence-electron chi connectivity index (χ1n) is 4.84. The summed E-state index contributed by atoms with van der Waals surface area (Å²) in [5.41, 5.74) is 7.06. The molecular weight excluding hydrogens is 182 g/mol. The third-order valence-corrected chi connectivity index (χ3v) is 2.26. The Balaban J connectivity index is 1.75. The molecular formula is C10H15NO3. The van der Waals surface area contributed by atoms with E-state index in [1.807, 2.05) is 6.07 Å². The molecule has 14 heavy (non-hydrogen) atoms. The zero-order valence-electron chi connectivity index (χ0n) is 8.02. The maximum atomic E-state index is 5.94. The highest BCUT2D eigenvalue weighted by atomic mass is 16.7. The Kier molecular flexibility index (Phi) is 3.18. The van der Waals surface area contributed by atoms with Crippen LogP contribution in [0, 0.1) is 0 Å². The third-order valence-electron chi connectivity index (χ3n) is 2.26. The standard InChI is InChI=1S/C10H15NO3/c11-9(5-8-1-2-12-7-8)6-10-13-3-4-14-10/h1-2,7,9-10H,3-6,11H2. The van der Waals surface area contributed by atoms with Crippen molar-refractivity contribution in [2.45, 2.75) is 25.2 Å². The van der Waals surface area contributed by atoms with Crippen LogP contribution in [-0.4, -0.2) is 25.5 Å². The fraction of sp³-hybridized carbons (Fsp3) is 0.600. The number of furan rings is 1. The SMILES string of the molecule is NC(Cc1ccoc1)CC1OCCO1. The summed E-state index contributed by atoms with van der Waals surface area (Å²) in [6.07, 6.45) is 4.81. The van der Waals surface area contributed by atoms with Crippen LogP contribution < -0.4 is 5.73 Å². The van der Waals surface area contributed by atoms with E-state index >= 15 is 0 Å². The van der Waals surface area contributed by atoms with E-state index in [2.05, 4.69) is 0 Å². The number of nitrogens with two attached hydrogens (primary N) is 1. The Morgan fingerprint density at radius 2 is 2.21 bits per heavy atom. The van der Waals surface area contributed by atoms with E-state index in [1.54, 1.807) is 12.5 Å². The Labute approximate surface area is 83.0 Å². The van der Waals surface area contributed by atoms with Gasteiger partial charge in [0.25, 0.3) is 0 Å².